The van der Waals surface area contributed by atoms with Crippen molar-refractivity contribution in [1.29, 1.82) is 0 Å². The highest BCUT2D eigenvalue weighted by molar-refractivity contribution is 5.97. The molecular formula is C15H15N3. The Kier molecular flexibility index (Phi) is 1.92. The maximum Gasteiger partial charge on any atom is 0.0569 e. The average Bonchev–Trinajstić information content (AvgIpc) is 3.03. The molecule has 0 spiro atoms. The number of hydrogen-bond acceptors (Lipinski definition) is 1. The highest BCUT2D eigenvalue weighted by atomic mass is 15.1. The van der Waals surface area contributed by atoms with Crippen LogP contribution < -0.4 is 0 Å². The number of aromatic nitrogens is 3. The largest absolute Gasteiger partial charge is 0.358 e. The third-order valence-electron chi connectivity index (χ3n) is 4.00. The van der Waals surface area contributed by atoms with Gasteiger partial charge in [-0.1, -0.05) is 18.2 Å². The van der Waals surface area contributed by atoms with Gasteiger partial charge in [0.1, 0.15) is 0 Å². The highest BCUT2D eigenvalue weighted by Crippen LogP contribution is 2.35. The van der Waals surface area contributed by atoms with Crippen LogP contribution in [0, 0.1) is 6.92 Å². The minimum Gasteiger partial charge on any atom is -0.358 e. The van der Waals surface area contributed by atoms with Crippen LogP contribution in [0.4, 0.5) is 0 Å². The Labute approximate surface area is 105 Å². The second-order valence-electron chi connectivity index (χ2n) is 5.07. The summed E-state index contributed by atoms with van der Waals surface area (Å²) in [6, 6.07) is 6.55. The normalized spacial score (nSPS) is 14.3. The fourth-order valence-electron chi connectivity index (χ4n) is 3.11. The molecule has 18 heavy (non-hydrogen) atoms. The summed E-state index contributed by atoms with van der Waals surface area (Å²) < 4.78 is 0. The van der Waals surface area contributed by atoms with E-state index >= 15 is 0 Å². The van der Waals surface area contributed by atoms with E-state index in [4.69, 9.17) is 0 Å². The lowest BCUT2D eigenvalue weighted by Crippen LogP contribution is -1.83. The molecule has 3 nitrogen and oxygen atoms in total. The molecule has 3 heteroatoms. The number of para-hydroxylation sites is 1. The number of H-pyrrole nitrogens is 2. The molecule has 0 amide bonds. The van der Waals surface area contributed by atoms with Crippen molar-refractivity contribution in [2.24, 2.45) is 0 Å². The van der Waals surface area contributed by atoms with Crippen molar-refractivity contribution in [3.8, 4) is 11.1 Å². The van der Waals surface area contributed by atoms with Crippen molar-refractivity contribution >= 4 is 10.9 Å². The van der Waals surface area contributed by atoms with Gasteiger partial charge in [0.05, 0.1) is 11.7 Å². The van der Waals surface area contributed by atoms with Crippen molar-refractivity contribution in [3.63, 3.8) is 0 Å². The van der Waals surface area contributed by atoms with Crippen LogP contribution in [0.25, 0.3) is 22.0 Å². The summed E-state index contributed by atoms with van der Waals surface area (Å²) in [7, 11) is 0. The van der Waals surface area contributed by atoms with Crippen molar-refractivity contribution in [2.75, 3.05) is 0 Å². The molecule has 0 aliphatic heterocycles. The summed E-state index contributed by atoms with van der Waals surface area (Å²) in [5, 5.41) is 8.54. The first kappa shape index (κ1) is 9.95. The van der Waals surface area contributed by atoms with Crippen molar-refractivity contribution in [2.45, 2.75) is 26.2 Å². The second kappa shape index (κ2) is 3.48. The molecule has 1 aliphatic rings. The Morgan fingerprint density at radius 2 is 2.11 bits per heavy atom. The Bertz CT molecular complexity index is 733. The fourth-order valence-corrected chi connectivity index (χ4v) is 3.11. The molecule has 3 aromatic rings. The first-order valence-electron chi connectivity index (χ1n) is 6.47. The van der Waals surface area contributed by atoms with E-state index in [9.17, 15) is 0 Å². The summed E-state index contributed by atoms with van der Waals surface area (Å²) >= 11 is 0. The predicted octanol–water partition coefficient (Wildman–Crippen LogP) is 3.36. The van der Waals surface area contributed by atoms with Gasteiger partial charge in [0.25, 0.3) is 0 Å². The Hall–Kier alpha value is -2.03. The lowest BCUT2D eigenvalue weighted by molar-refractivity contribution is 0.899. The first-order chi connectivity index (χ1) is 8.84. The lowest BCUT2D eigenvalue weighted by Gasteiger charge is -2.03. The number of nitrogens with zero attached hydrogens (tertiary/aromatic N) is 1. The molecule has 0 bridgehead atoms. The SMILES string of the molecule is Cc1[nH]ncc1-c1cccc2c3c([nH]c12)CCC3. The smallest absolute Gasteiger partial charge is 0.0569 e. The number of hydrogen-bond donors (Lipinski definition) is 2. The van der Waals surface area contributed by atoms with E-state index in [1.165, 1.54) is 52.5 Å². The Morgan fingerprint density at radius 1 is 1.17 bits per heavy atom. The zero-order valence-electron chi connectivity index (χ0n) is 10.4. The Morgan fingerprint density at radius 3 is 2.94 bits per heavy atom. The fraction of sp³-hybridized carbons (Fsp3) is 0.267. The first-order valence-corrected chi connectivity index (χ1v) is 6.47. The van der Waals surface area contributed by atoms with Crippen LogP contribution >= 0.6 is 0 Å². The molecule has 0 fully saturated rings. The van der Waals surface area contributed by atoms with Gasteiger partial charge >= 0.3 is 0 Å². The molecule has 0 saturated carbocycles. The maximum absolute atomic E-state index is 4.13. The average molecular weight is 237 g/mol. The number of aromatic amines is 2. The van der Waals surface area contributed by atoms with Gasteiger partial charge in [-0.15, -0.1) is 0 Å². The zero-order valence-corrected chi connectivity index (χ0v) is 10.4. The monoisotopic (exact) mass is 237 g/mol. The quantitative estimate of drug-likeness (QED) is 0.669. The van der Waals surface area contributed by atoms with E-state index in [-0.39, 0.29) is 0 Å². The molecule has 0 radical (unpaired) electrons. The van der Waals surface area contributed by atoms with Crippen LogP contribution in [0.1, 0.15) is 23.4 Å². The van der Waals surface area contributed by atoms with Gasteiger partial charge in [-0.3, -0.25) is 5.10 Å². The van der Waals surface area contributed by atoms with Gasteiger partial charge in [0, 0.05) is 27.9 Å². The number of nitrogens with one attached hydrogen (secondary N) is 2. The van der Waals surface area contributed by atoms with Gasteiger partial charge in [0.15, 0.2) is 0 Å². The van der Waals surface area contributed by atoms with E-state index in [0.29, 0.717) is 0 Å². The Balaban J connectivity index is 2.05. The predicted molar refractivity (Wildman–Crippen MR) is 72.6 cm³/mol. The topological polar surface area (TPSA) is 44.5 Å². The molecule has 4 rings (SSSR count). The van der Waals surface area contributed by atoms with Gasteiger partial charge in [0.2, 0.25) is 0 Å². The summed E-state index contributed by atoms with van der Waals surface area (Å²) in [5.74, 6) is 0. The molecule has 0 unspecified atom stereocenters. The summed E-state index contributed by atoms with van der Waals surface area (Å²) in [4.78, 5) is 3.62. The molecule has 2 N–H and O–H groups in total. The van der Waals surface area contributed by atoms with E-state index in [1.54, 1.807) is 0 Å². The molecule has 2 heterocycles. The highest BCUT2D eigenvalue weighted by Gasteiger charge is 2.19. The van der Waals surface area contributed by atoms with Crippen LogP contribution in [-0.2, 0) is 12.8 Å². The maximum atomic E-state index is 4.13. The van der Waals surface area contributed by atoms with Crippen LogP contribution in [0.15, 0.2) is 24.4 Å². The molecule has 0 saturated heterocycles. The third-order valence-corrected chi connectivity index (χ3v) is 4.00. The van der Waals surface area contributed by atoms with Crippen LogP contribution in [-0.4, -0.2) is 15.2 Å². The number of fused-ring (bicyclic) bond motifs is 3. The molecule has 0 atom stereocenters. The van der Waals surface area contributed by atoms with E-state index < -0.39 is 0 Å². The molecule has 1 aliphatic carbocycles. The minimum absolute atomic E-state index is 1.12. The molecule has 1 aromatic carbocycles. The van der Waals surface area contributed by atoms with Crippen LogP contribution in [0.3, 0.4) is 0 Å². The number of benzene rings is 1. The van der Waals surface area contributed by atoms with Gasteiger partial charge in [-0.25, -0.2) is 0 Å². The van der Waals surface area contributed by atoms with Gasteiger partial charge in [-0.05, 0) is 31.7 Å². The van der Waals surface area contributed by atoms with Crippen molar-refractivity contribution in [3.05, 3.63) is 41.3 Å². The van der Waals surface area contributed by atoms with Crippen LogP contribution in [0.2, 0.25) is 0 Å². The molecule has 90 valence electrons. The number of aryl methyl sites for hydroxylation is 3. The molecular weight excluding hydrogens is 222 g/mol. The minimum atomic E-state index is 1.12. The summed E-state index contributed by atoms with van der Waals surface area (Å²) in [6.45, 7) is 2.07. The summed E-state index contributed by atoms with van der Waals surface area (Å²) in [5.41, 5.74) is 7.80. The van der Waals surface area contributed by atoms with E-state index in [2.05, 4.69) is 40.3 Å². The van der Waals surface area contributed by atoms with Gasteiger partial charge < -0.3 is 4.98 Å². The van der Waals surface area contributed by atoms with Crippen molar-refractivity contribution in [1.82, 2.24) is 15.2 Å². The standard InChI is InChI=1S/C15H15N3/c1-9-13(8-16-18-9)12-6-2-5-11-10-4-3-7-14(10)17-15(11)12/h2,5-6,8,17H,3-4,7H2,1H3,(H,16,18). The second-order valence-corrected chi connectivity index (χ2v) is 5.07. The molecule has 2 aromatic heterocycles. The van der Waals surface area contributed by atoms with Gasteiger partial charge in [-0.2, -0.15) is 5.10 Å². The summed E-state index contributed by atoms with van der Waals surface area (Å²) in [6.07, 6.45) is 5.60. The zero-order chi connectivity index (χ0) is 12.1. The van der Waals surface area contributed by atoms with Crippen LogP contribution in [0.5, 0.6) is 0 Å². The van der Waals surface area contributed by atoms with E-state index in [0.717, 1.165) is 5.69 Å². The van der Waals surface area contributed by atoms with Crippen molar-refractivity contribution < 1.29 is 0 Å². The lowest BCUT2D eigenvalue weighted by atomic mass is 10.0. The number of rotatable bonds is 1. The third kappa shape index (κ3) is 1.22. The van der Waals surface area contributed by atoms with E-state index in [1.807, 2.05) is 6.20 Å².